The number of benzene rings is 2. The Hall–Kier alpha value is -3.55. The Morgan fingerprint density at radius 3 is 2.36 bits per heavy atom. The summed E-state index contributed by atoms with van der Waals surface area (Å²) in [7, 11) is 0. The lowest BCUT2D eigenvalue weighted by molar-refractivity contribution is -0.384. The van der Waals surface area contributed by atoms with Crippen molar-refractivity contribution in [1.29, 1.82) is 0 Å². The molecule has 124 valence electrons. The average Bonchev–Trinajstić information content (AvgIpc) is 3.17. The number of carbonyl (C=O) groups is 2. The van der Waals surface area contributed by atoms with Crippen LogP contribution in [0.3, 0.4) is 0 Å². The molecule has 1 aromatic heterocycles. The molecule has 0 radical (unpaired) electrons. The van der Waals surface area contributed by atoms with Crippen LogP contribution < -0.4 is 4.90 Å². The van der Waals surface area contributed by atoms with Gasteiger partial charge in [0.05, 0.1) is 16.7 Å². The fourth-order valence-electron chi connectivity index (χ4n) is 2.77. The number of hydrogen-bond acceptors (Lipinski definition) is 6. The maximum absolute atomic E-state index is 11.8. The van der Waals surface area contributed by atoms with Crippen molar-refractivity contribution < 1.29 is 18.9 Å². The van der Waals surface area contributed by atoms with Gasteiger partial charge in [0.1, 0.15) is 5.52 Å². The quantitative estimate of drug-likeness (QED) is 0.413. The van der Waals surface area contributed by atoms with Crippen molar-refractivity contribution in [3.05, 3.63) is 52.6 Å². The number of nitro benzene ring substituents is 1. The number of carbonyl (C=O) groups excluding carboxylic acids is 2. The van der Waals surface area contributed by atoms with Crippen LogP contribution in [0.4, 0.5) is 11.4 Å². The topological polar surface area (TPSA) is 107 Å². The molecule has 0 atom stereocenters. The van der Waals surface area contributed by atoms with E-state index in [2.05, 4.69) is 4.98 Å². The number of anilines is 1. The van der Waals surface area contributed by atoms with Gasteiger partial charge in [-0.25, -0.2) is 4.98 Å². The van der Waals surface area contributed by atoms with Gasteiger partial charge in [-0.1, -0.05) is 0 Å². The second kappa shape index (κ2) is 5.52. The number of nitro groups is 1. The Labute approximate surface area is 140 Å². The van der Waals surface area contributed by atoms with Gasteiger partial charge in [-0.2, -0.15) is 0 Å². The van der Waals surface area contributed by atoms with Crippen molar-refractivity contribution in [2.24, 2.45) is 0 Å². The Kier molecular flexibility index (Phi) is 3.31. The molecule has 4 rings (SSSR count). The van der Waals surface area contributed by atoms with Crippen LogP contribution >= 0.6 is 0 Å². The SMILES string of the molecule is O=C1CCC(=O)N1c1ccc(-c2nc3ccc([N+](=O)[O-])cc3o2)cc1. The van der Waals surface area contributed by atoms with Crippen molar-refractivity contribution in [3.63, 3.8) is 0 Å². The van der Waals surface area contributed by atoms with Crippen LogP contribution in [0.15, 0.2) is 46.9 Å². The molecule has 0 saturated carbocycles. The van der Waals surface area contributed by atoms with E-state index in [4.69, 9.17) is 4.42 Å². The first-order valence-electron chi connectivity index (χ1n) is 7.54. The third-order valence-corrected chi connectivity index (χ3v) is 4.01. The summed E-state index contributed by atoms with van der Waals surface area (Å²) in [6, 6.07) is 10.9. The van der Waals surface area contributed by atoms with Crippen molar-refractivity contribution in [2.75, 3.05) is 4.90 Å². The molecule has 1 aliphatic heterocycles. The summed E-state index contributed by atoms with van der Waals surface area (Å²) in [5, 5.41) is 10.8. The summed E-state index contributed by atoms with van der Waals surface area (Å²) >= 11 is 0. The second-order valence-electron chi connectivity index (χ2n) is 5.60. The monoisotopic (exact) mass is 337 g/mol. The smallest absolute Gasteiger partial charge is 0.273 e. The van der Waals surface area contributed by atoms with Crippen LogP contribution in [0, 0.1) is 10.1 Å². The van der Waals surface area contributed by atoms with Gasteiger partial charge >= 0.3 is 0 Å². The van der Waals surface area contributed by atoms with Gasteiger partial charge < -0.3 is 4.42 Å². The van der Waals surface area contributed by atoms with E-state index in [0.29, 0.717) is 28.2 Å². The highest BCUT2D eigenvalue weighted by Gasteiger charge is 2.30. The number of oxazole rings is 1. The number of aromatic nitrogens is 1. The molecule has 0 aliphatic carbocycles. The van der Waals surface area contributed by atoms with Crippen LogP contribution in [-0.4, -0.2) is 21.7 Å². The van der Waals surface area contributed by atoms with Crippen molar-refractivity contribution >= 4 is 34.3 Å². The van der Waals surface area contributed by atoms with Gasteiger partial charge in [0, 0.05) is 24.5 Å². The molecule has 0 bridgehead atoms. The predicted octanol–water partition coefficient (Wildman–Crippen LogP) is 3.06. The fourth-order valence-corrected chi connectivity index (χ4v) is 2.77. The lowest BCUT2D eigenvalue weighted by Crippen LogP contribution is -2.28. The minimum absolute atomic E-state index is 0.0726. The Morgan fingerprint density at radius 2 is 1.72 bits per heavy atom. The number of imide groups is 1. The van der Waals surface area contributed by atoms with Crippen molar-refractivity contribution in [2.45, 2.75) is 12.8 Å². The van der Waals surface area contributed by atoms with E-state index in [9.17, 15) is 19.7 Å². The minimum Gasteiger partial charge on any atom is -0.436 e. The molecule has 0 spiro atoms. The predicted molar refractivity (Wildman–Crippen MR) is 87.8 cm³/mol. The van der Waals surface area contributed by atoms with Crippen LogP contribution in [0.25, 0.3) is 22.6 Å². The first-order valence-corrected chi connectivity index (χ1v) is 7.54. The van der Waals surface area contributed by atoms with Crippen LogP contribution in [-0.2, 0) is 9.59 Å². The summed E-state index contributed by atoms with van der Waals surface area (Å²) in [6.45, 7) is 0. The summed E-state index contributed by atoms with van der Waals surface area (Å²) < 4.78 is 5.59. The number of hydrogen-bond donors (Lipinski definition) is 0. The molecule has 0 unspecified atom stereocenters. The number of nitrogens with zero attached hydrogens (tertiary/aromatic N) is 3. The molecular formula is C17H11N3O5. The zero-order valence-corrected chi connectivity index (χ0v) is 12.8. The molecule has 25 heavy (non-hydrogen) atoms. The van der Waals surface area contributed by atoms with E-state index in [1.807, 2.05) is 0 Å². The first kappa shape index (κ1) is 15.0. The third kappa shape index (κ3) is 2.53. The normalized spacial score (nSPS) is 14.5. The van der Waals surface area contributed by atoms with Crippen molar-refractivity contribution in [3.8, 4) is 11.5 Å². The van der Waals surface area contributed by atoms with Crippen molar-refractivity contribution in [1.82, 2.24) is 4.98 Å². The van der Waals surface area contributed by atoms with Gasteiger partial charge in [-0.15, -0.1) is 0 Å². The molecule has 2 heterocycles. The van der Waals surface area contributed by atoms with Gasteiger partial charge in [0.15, 0.2) is 5.58 Å². The van der Waals surface area contributed by atoms with Gasteiger partial charge in [-0.3, -0.25) is 24.6 Å². The lowest BCUT2D eigenvalue weighted by atomic mass is 10.2. The number of fused-ring (bicyclic) bond motifs is 1. The Bertz CT molecular complexity index is 1010. The van der Waals surface area contributed by atoms with E-state index in [-0.39, 0.29) is 30.3 Å². The van der Waals surface area contributed by atoms with Gasteiger partial charge in [0.25, 0.3) is 5.69 Å². The summed E-state index contributed by atoms with van der Waals surface area (Å²) in [4.78, 5) is 39.3. The highest BCUT2D eigenvalue weighted by atomic mass is 16.6. The molecule has 2 aromatic carbocycles. The molecule has 1 saturated heterocycles. The number of non-ortho nitro benzene ring substituents is 1. The van der Waals surface area contributed by atoms with Crippen LogP contribution in [0.2, 0.25) is 0 Å². The summed E-state index contributed by atoms with van der Waals surface area (Å²) in [5.41, 5.74) is 1.90. The standard InChI is InChI=1S/C17H11N3O5/c21-15-7-8-16(22)19(15)11-3-1-10(2-4-11)17-18-13-6-5-12(20(23)24)9-14(13)25-17/h1-6,9H,7-8H2. The maximum atomic E-state index is 11.8. The molecule has 0 N–H and O–H groups in total. The van der Waals surface area contributed by atoms with Gasteiger partial charge in [-0.05, 0) is 30.3 Å². The molecule has 2 amide bonds. The third-order valence-electron chi connectivity index (χ3n) is 4.01. The van der Waals surface area contributed by atoms with Crippen LogP contribution in [0.1, 0.15) is 12.8 Å². The van der Waals surface area contributed by atoms with E-state index < -0.39 is 4.92 Å². The minimum atomic E-state index is -0.500. The zero-order chi connectivity index (χ0) is 17.6. The highest BCUT2D eigenvalue weighted by Crippen LogP contribution is 2.29. The van der Waals surface area contributed by atoms with Crippen LogP contribution in [0.5, 0.6) is 0 Å². The molecule has 8 nitrogen and oxygen atoms in total. The molecule has 1 aliphatic rings. The van der Waals surface area contributed by atoms with Gasteiger partial charge in [0.2, 0.25) is 17.7 Å². The molecule has 3 aromatic rings. The zero-order valence-electron chi connectivity index (χ0n) is 12.8. The fraction of sp³-hybridized carbons (Fsp3) is 0.118. The maximum Gasteiger partial charge on any atom is 0.273 e. The average molecular weight is 337 g/mol. The molecular weight excluding hydrogens is 326 g/mol. The molecule has 1 fully saturated rings. The lowest BCUT2D eigenvalue weighted by Gasteiger charge is -2.13. The van der Waals surface area contributed by atoms with E-state index >= 15 is 0 Å². The molecule has 8 heteroatoms. The second-order valence-corrected chi connectivity index (χ2v) is 5.60. The summed E-state index contributed by atoms with van der Waals surface area (Å²) in [5.74, 6) is -0.125. The van der Waals surface area contributed by atoms with E-state index in [0.717, 1.165) is 0 Å². The Morgan fingerprint density at radius 1 is 1.04 bits per heavy atom. The largest absolute Gasteiger partial charge is 0.436 e. The first-order chi connectivity index (χ1) is 12.0. The Balaban J connectivity index is 1.68. The van der Waals surface area contributed by atoms with E-state index in [1.165, 1.54) is 23.1 Å². The summed E-state index contributed by atoms with van der Waals surface area (Å²) in [6.07, 6.45) is 0.453. The number of amides is 2. The van der Waals surface area contributed by atoms with E-state index in [1.54, 1.807) is 24.3 Å². The number of rotatable bonds is 3. The highest BCUT2D eigenvalue weighted by molar-refractivity contribution is 6.19.